The minimum Gasteiger partial charge on any atom is -0.497 e. The Bertz CT molecular complexity index is 874. The van der Waals surface area contributed by atoms with Gasteiger partial charge in [-0.1, -0.05) is 19.3 Å². The molecule has 6 nitrogen and oxygen atoms in total. The van der Waals surface area contributed by atoms with Crippen LogP contribution in [0.15, 0.2) is 48.5 Å². The van der Waals surface area contributed by atoms with Crippen LogP contribution in [0.2, 0.25) is 0 Å². The Labute approximate surface area is 177 Å². The molecular formula is C24H29N3O3. The molecule has 4 rings (SSSR count). The number of ether oxygens (including phenoxy) is 1. The van der Waals surface area contributed by atoms with Crippen molar-refractivity contribution in [3.63, 3.8) is 0 Å². The smallest absolute Gasteiger partial charge is 0.229 e. The summed E-state index contributed by atoms with van der Waals surface area (Å²) in [5, 5.41) is 6.54. The van der Waals surface area contributed by atoms with E-state index in [1.54, 1.807) is 12.0 Å². The van der Waals surface area contributed by atoms with Crippen LogP contribution in [0.1, 0.15) is 38.5 Å². The Morgan fingerprint density at radius 3 is 2.30 bits per heavy atom. The summed E-state index contributed by atoms with van der Waals surface area (Å²) in [5.74, 6) is 0.223. The third-order valence-corrected chi connectivity index (χ3v) is 6.01. The van der Waals surface area contributed by atoms with Gasteiger partial charge in [0.15, 0.2) is 0 Å². The van der Waals surface area contributed by atoms with Crippen LogP contribution in [-0.2, 0) is 9.59 Å². The summed E-state index contributed by atoms with van der Waals surface area (Å²) < 4.78 is 5.16. The summed E-state index contributed by atoms with van der Waals surface area (Å²) in [7, 11) is 1.61. The molecule has 6 heteroatoms. The number of carbonyl (C=O) groups is 2. The fourth-order valence-electron chi connectivity index (χ4n) is 4.27. The average Bonchev–Trinajstić information content (AvgIpc) is 3.18. The second-order valence-electron chi connectivity index (χ2n) is 8.15. The molecule has 158 valence electrons. The summed E-state index contributed by atoms with van der Waals surface area (Å²) in [4.78, 5) is 26.8. The van der Waals surface area contributed by atoms with Crippen molar-refractivity contribution in [2.75, 3.05) is 29.2 Å². The molecule has 2 aromatic rings. The first-order chi connectivity index (χ1) is 14.6. The van der Waals surface area contributed by atoms with Crippen molar-refractivity contribution in [1.29, 1.82) is 0 Å². The van der Waals surface area contributed by atoms with Crippen LogP contribution < -0.4 is 20.3 Å². The zero-order valence-corrected chi connectivity index (χ0v) is 17.4. The predicted molar refractivity (Wildman–Crippen MR) is 119 cm³/mol. The number of amides is 2. The van der Waals surface area contributed by atoms with Crippen LogP contribution in [0.5, 0.6) is 5.75 Å². The fraction of sp³-hybridized carbons (Fsp3) is 0.417. The van der Waals surface area contributed by atoms with Gasteiger partial charge in [0.2, 0.25) is 11.8 Å². The number of nitrogens with one attached hydrogen (secondary N) is 2. The Hall–Kier alpha value is -3.02. The van der Waals surface area contributed by atoms with E-state index >= 15 is 0 Å². The molecule has 2 aromatic carbocycles. The molecule has 2 fully saturated rings. The van der Waals surface area contributed by atoms with E-state index in [4.69, 9.17) is 4.74 Å². The highest BCUT2D eigenvalue weighted by Crippen LogP contribution is 2.28. The first-order valence-electron chi connectivity index (χ1n) is 10.7. The molecule has 1 saturated carbocycles. The summed E-state index contributed by atoms with van der Waals surface area (Å²) in [5.41, 5.74) is 2.63. The topological polar surface area (TPSA) is 70.7 Å². The van der Waals surface area contributed by atoms with E-state index in [0.717, 1.165) is 22.8 Å². The number of nitrogens with zero attached hydrogens (tertiary/aromatic N) is 1. The number of hydrogen-bond donors (Lipinski definition) is 2. The lowest BCUT2D eigenvalue weighted by Gasteiger charge is -2.24. The van der Waals surface area contributed by atoms with E-state index in [2.05, 4.69) is 10.6 Å². The standard InChI is InChI=1S/C24H29N3O3/c1-30-22-13-11-21(12-14-22)27-16-17(15-23(27)28)24(29)26-20-9-7-19(8-10-20)25-18-5-3-2-4-6-18/h7-14,17-18,25H,2-6,15-16H2,1H3,(H,26,29). The van der Waals surface area contributed by atoms with Crippen molar-refractivity contribution in [2.45, 2.75) is 44.6 Å². The quantitative estimate of drug-likeness (QED) is 0.743. The zero-order chi connectivity index (χ0) is 20.9. The molecule has 2 N–H and O–H groups in total. The van der Waals surface area contributed by atoms with Gasteiger partial charge in [-0.2, -0.15) is 0 Å². The number of benzene rings is 2. The van der Waals surface area contributed by atoms with Crippen molar-refractivity contribution in [3.8, 4) is 5.75 Å². The number of hydrogen-bond acceptors (Lipinski definition) is 4. The number of methoxy groups -OCH3 is 1. The molecule has 0 aromatic heterocycles. The molecule has 1 heterocycles. The second kappa shape index (κ2) is 9.20. The maximum absolute atomic E-state index is 12.7. The highest BCUT2D eigenvalue weighted by atomic mass is 16.5. The van der Waals surface area contributed by atoms with Crippen LogP contribution in [0.25, 0.3) is 0 Å². The first-order valence-corrected chi connectivity index (χ1v) is 10.7. The first kappa shape index (κ1) is 20.3. The number of rotatable bonds is 6. The average molecular weight is 408 g/mol. The van der Waals surface area contributed by atoms with Crippen LogP contribution in [0.3, 0.4) is 0 Å². The van der Waals surface area contributed by atoms with Crippen LogP contribution in [0, 0.1) is 5.92 Å². The lowest BCUT2D eigenvalue weighted by molar-refractivity contribution is -0.122. The van der Waals surface area contributed by atoms with E-state index in [0.29, 0.717) is 12.6 Å². The number of anilines is 3. The molecule has 30 heavy (non-hydrogen) atoms. The summed E-state index contributed by atoms with van der Waals surface area (Å²) in [6, 6.07) is 15.7. The SMILES string of the molecule is COc1ccc(N2CC(C(=O)Nc3ccc(NC4CCCCC4)cc3)CC2=O)cc1. The third kappa shape index (κ3) is 4.75. The number of carbonyl (C=O) groups excluding carboxylic acids is 2. The van der Waals surface area contributed by atoms with Gasteiger partial charge < -0.3 is 20.3 Å². The second-order valence-corrected chi connectivity index (χ2v) is 8.15. The summed E-state index contributed by atoms with van der Waals surface area (Å²) >= 11 is 0. The molecular weight excluding hydrogens is 378 g/mol. The van der Waals surface area contributed by atoms with Gasteiger partial charge >= 0.3 is 0 Å². The Balaban J connectivity index is 1.32. The van der Waals surface area contributed by atoms with Crippen molar-refractivity contribution >= 4 is 28.9 Å². The minimum atomic E-state index is -0.361. The van der Waals surface area contributed by atoms with Crippen LogP contribution >= 0.6 is 0 Å². The van der Waals surface area contributed by atoms with Crippen molar-refractivity contribution in [1.82, 2.24) is 0 Å². The zero-order valence-electron chi connectivity index (χ0n) is 17.4. The van der Waals surface area contributed by atoms with Crippen molar-refractivity contribution < 1.29 is 14.3 Å². The largest absolute Gasteiger partial charge is 0.497 e. The molecule has 2 aliphatic rings. The molecule has 1 atom stereocenters. The van der Waals surface area contributed by atoms with E-state index in [1.807, 2.05) is 48.5 Å². The Kier molecular flexibility index (Phi) is 6.21. The summed E-state index contributed by atoms with van der Waals surface area (Å²) in [6.45, 7) is 0.387. The fourth-order valence-corrected chi connectivity index (χ4v) is 4.27. The van der Waals surface area contributed by atoms with E-state index in [9.17, 15) is 9.59 Å². The normalized spacial score (nSPS) is 19.6. The molecule has 2 amide bonds. The Morgan fingerprint density at radius 1 is 0.967 bits per heavy atom. The van der Waals surface area contributed by atoms with Gasteiger partial charge in [-0.15, -0.1) is 0 Å². The van der Waals surface area contributed by atoms with Crippen LogP contribution in [0.4, 0.5) is 17.1 Å². The molecule has 1 aliphatic heterocycles. The molecule has 1 aliphatic carbocycles. The maximum atomic E-state index is 12.7. The van der Waals surface area contributed by atoms with E-state index < -0.39 is 0 Å². The van der Waals surface area contributed by atoms with Gasteiger partial charge in [0.05, 0.1) is 13.0 Å². The highest BCUT2D eigenvalue weighted by Gasteiger charge is 2.35. The molecule has 1 saturated heterocycles. The minimum absolute atomic E-state index is 0.0349. The van der Waals surface area contributed by atoms with Gasteiger partial charge in [-0.3, -0.25) is 9.59 Å². The molecule has 1 unspecified atom stereocenters. The molecule has 0 radical (unpaired) electrons. The lowest BCUT2D eigenvalue weighted by Crippen LogP contribution is -2.28. The maximum Gasteiger partial charge on any atom is 0.229 e. The third-order valence-electron chi connectivity index (χ3n) is 6.01. The van der Waals surface area contributed by atoms with Crippen molar-refractivity contribution in [3.05, 3.63) is 48.5 Å². The van der Waals surface area contributed by atoms with Gasteiger partial charge in [-0.25, -0.2) is 0 Å². The van der Waals surface area contributed by atoms with Gasteiger partial charge in [0, 0.05) is 36.1 Å². The van der Waals surface area contributed by atoms with E-state index in [1.165, 1.54) is 32.1 Å². The Morgan fingerprint density at radius 2 is 1.63 bits per heavy atom. The molecule has 0 spiro atoms. The van der Waals surface area contributed by atoms with Crippen LogP contribution in [-0.4, -0.2) is 31.5 Å². The van der Waals surface area contributed by atoms with Gasteiger partial charge in [0.25, 0.3) is 0 Å². The molecule has 0 bridgehead atoms. The predicted octanol–water partition coefficient (Wildman–Crippen LogP) is 4.43. The van der Waals surface area contributed by atoms with Gasteiger partial charge in [-0.05, 0) is 61.4 Å². The van der Waals surface area contributed by atoms with Crippen molar-refractivity contribution in [2.24, 2.45) is 5.92 Å². The summed E-state index contributed by atoms with van der Waals surface area (Å²) in [6.07, 6.45) is 6.58. The van der Waals surface area contributed by atoms with Gasteiger partial charge in [0.1, 0.15) is 5.75 Å². The monoisotopic (exact) mass is 407 g/mol. The lowest BCUT2D eigenvalue weighted by atomic mass is 9.95. The highest BCUT2D eigenvalue weighted by molar-refractivity contribution is 6.03. The van der Waals surface area contributed by atoms with E-state index in [-0.39, 0.29) is 24.2 Å².